The number of rotatable bonds is 7. The summed E-state index contributed by atoms with van der Waals surface area (Å²) in [5, 5.41) is 1.86. The lowest BCUT2D eigenvalue weighted by Gasteiger charge is -2.17. The lowest BCUT2D eigenvalue weighted by atomic mass is 9.90. The number of hydrogen-bond acceptors (Lipinski definition) is 5. The van der Waals surface area contributed by atoms with Crippen LogP contribution in [-0.2, 0) is 16.1 Å². The molecule has 3 aromatic carbocycles. The van der Waals surface area contributed by atoms with Gasteiger partial charge in [-0.2, -0.15) is 0 Å². The number of hydrogen-bond donors (Lipinski definition) is 0. The molecule has 4 nitrogen and oxygen atoms in total. The van der Waals surface area contributed by atoms with Gasteiger partial charge < -0.3 is 9.47 Å². The molecular weight excluding hydrogens is 537 g/mol. The van der Waals surface area contributed by atoms with Crippen LogP contribution in [0.3, 0.4) is 0 Å². The van der Waals surface area contributed by atoms with E-state index in [4.69, 9.17) is 4.74 Å². The molecule has 4 aromatic rings. The maximum Gasteiger partial charge on any atom is 0.573 e. The molecule has 0 fully saturated rings. The van der Waals surface area contributed by atoms with Crippen LogP contribution in [0.2, 0.25) is 0 Å². The second-order valence-corrected chi connectivity index (χ2v) is 9.84. The highest BCUT2D eigenvalue weighted by atomic mass is 32.1. The van der Waals surface area contributed by atoms with E-state index in [9.17, 15) is 26.7 Å². The number of alkyl halides is 3. The Morgan fingerprint density at radius 2 is 1.54 bits per heavy atom. The molecule has 39 heavy (non-hydrogen) atoms. The smallest absolute Gasteiger partial charge is 0.460 e. The fraction of sp³-hybridized carbons (Fsp3) is 0.172. The lowest BCUT2D eigenvalue weighted by molar-refractivity contribution is -0.274. The SMILES string of the molecule is O=C(OCc1cccs1)[C@H]1CC(c2c(F)cccc2F)=NC1c1ccc(-c2ccc(OC(F)(F)F)cc2)cc1. The molecule has 1 aliphatic rings. The van der Waals surface area contributed by atoms with E-state index in [0.717, 1.165) is 17.0 Å². The summed E-state index contributed by atoms with van der Waals surface area (Å²) >= 11 is 1.44. The Morgan fingerprint density at radius 1 is 0.897 bits per heavy atom. The first kappa shape index (κ1) is 26.6. The molecule has 5 rings (SSSR count). The van der Waals surface area contributed by atoms with Crippen LogP contribution in [0.5, 0.6) is 5.75 Å². The topological polar surface area (TPSA) is 47.9 Å². The van der Waals surface area contributed by atoms with E-state index < -0.39 is 35.9 Å². The van der Waals surface area contributed by atoms with E-state index in [1.165, 1.54) is 41.7 Å². The van der Waals surface area contributed by atoms with E-state index in [1.54, 1.807) is 24.3 Å². The third-order valence-electron chi connectivity index (χ3n) is 6.25. The minimum atomic E-state index is -4.78. The number of carbonyl (C=O) groups is 1. The van der Waals surface area contributed by atoms with Gasteiger partial charge in [0, 0.05) is 17.0 Å². The molecule has 0 radical (unpaired) electrons. The zero-order chi connectivity index (χ0) is 27.6. The van der Waals surface area contributed by atoms with Crippen LogP contribution < -0.4 is 4.74 Å². The number of halogens is 5. The van der Waals surface area contributed by atoms with Crippen molar-refractivity contribution in [2.24, 2.45) is 10.9 Å². The van der Waals surface area contributed by atoms with Gasteiger partial charge in [-0.1, -0.05) is 48.5 Å². The summed E-state index contributed by atoms with van der Waals surface area (Å²) in [5.74, 6) is -3.21. The summed E-state index contributed by atoms with van der Waals surface area (Å²) in [6.45, 7) is 0.0795. The third kappa shape index (κ3) is 6.17. The van der Waals surface area contributed by atoms with Gasteiger partial charge in [0.1, 0.15) is 24.0 Å². The Morgan fingerprint density at radius 3 is 2.13 bits per heavy atom. The predicted molar refractivity (Wildman–Crippen MR) is 136 cm³/mol. The summed E-state index contributed by atoms with van der Waals surface area (Å²) in [6, 6.07) is 18.8. The number of benzene rings is 3. The average Bonchev–Trinajstić information content (AvgIpc) is 3.58. The maximum atomic E-state index is 14.5. The summed E-state index contributed by atoms with van der Waals surface area (Å²) in [4.78, 5) is 18.5. The summed E-state index contributed by atoms with van der Waals surface area (Å²) in [6.07, 6.45) is -4.79. The predicted octanol–water partition coefficient (Wildman–Crippen LogP) is 7.89. The van der Waals surface area contributed by atoms with Crippen molar-refractivity contribution in [3.05, 3.63) is 112 Å². The molecule has 0 saturated heterocycles. The van der Waals surface area contributed by atoms with Crippen molar-refractivity contribution in [3.63, 3.8) is 0 Å². The molecule has 0 aliphatic carbocycles. The van der Waals surface area contributed by atoms with E-state index in [-0.39, 0.29) is 30.1 Å². The highest BCUT2D eigenvalue weighted by Gasteiger charge is 2.39. The van der Waals surface area contributed by atoms with E-state index in [2.05, 4.69) is 9.73 Å². The van der Waals surface area contributed by atoms with Gasteiger partial charge in [-0.25, -0.2) is 8.78 Å². The lowest BCUT2D eigenvalue weighted by Crippen LogP contribution is -2.21. The second-order valence-electron chi connectivity index (χ2n) is 8.81. The molecule has 0 spiro atoms. The average molecular weight is 558 g/mol. The molecule has 0 N–H and O–H groups in total. The Bertz CT molecular complexity index is 1460. The maximum absolute atomic E-state index is 14.5. The van der Waals surface area contributed by atoms with Crippen LogP contribution >= 0.6 is 11.3 Å². The minimum Gasteiger partial charge on any atom is -0.460 e. The van der Waals surface area contributed by atoms with Gasteiger partial charge in [0.05, 0.1) is 17.5 Å². The molecule has 2 heterocycles. The van der Waals surface area contributed by atoms with Gasteiger partial charge in [-0.15, -0.1) is 24.5 Å². The van der Waals surface area contributed by atoms with Gasteiger partial charge in [0.25, 0.3) is 0 Å². The standard InChI is InChI=1S/C29H20F5NO3S/c30-23-4-1-5-24(31)26(23)25-15-22(28(36)37-16-21-3-2-14-39-21)27(35-25)19-8-6-17(7-9-19)18-10-12-20(13-11-18)38-29(32,33)34/h1-14,22,27H,15-16H2/t22-,27?/m0/s1. The van der Waals surface area contributed by atoms with Crippen LogP contribution in [0.15, 0.2) is 89.2 Å². The zero-order valence-electron chi connectivity index (χ0n) is 20.1. The number of aliphatic imine (C=N–C) groups is 1. The van der Waals surface area contributed by atoms with Crippen molar-refractivity contribution in [1.29, 1.82) is 0 Å². The van der Waals surface area contributed by atoms with Crippen molar-refractivity contribution in [2.75, 3.05) is 0 Å². The number of thiophene rings is 1. The number of carbonyl (C=O) groups excluding carboxylic acids is 1. The summed E-state index contributed by atoms with van der Waals surface area (Å²) in [7, 11) is 0. The molecule has 0 amide bonds. The van der Waals surface area contributed by atoms with Gasteiger partial charge in [-0.05, 0) is 52.4 Å². The summed E-state index contributed by atoms with van der Waals surface area (Å²) in [5.41, 5.74) is 1.84. The summed E-state index contributed by atoms with van der Waals surface area (Å²) < 4.78 is 75.8. The Labute approximate surface area is 224 Å². The first-order valence-electron chi connectivity index (χ1n) is 11.8. The van der Waals surface area contributed by atoms with E-state index in [1.807, 2.05) is 17.5 Å². The Balaban J connectivity index is 1.41. The number of ether oxygens (including phenoxy) is 2. The molecule has 1 unspecified atom stereocenters. The van der Waals surface area contributed by atoms with Gasteiger partial charge in [0.15, 0.2) is 0 Å². The number of esters is 1. The van der Waals surface area contributed by atoms with Gasteiger partial charge in [0.2, 0.25) is 0 Å². The van der Waals surface area contributed by atoms with Crippen LogP contribution in [0.25, 0.3) is 11.1 Å². The fourth-order valence-corrected chi connectivity index (χ4v) is 5.07. The van der Waals surface area contributed by atoms with Crippen molar-refractivity contribution < 1.29 is 36.2 Å². The number of nitrogens with zero attached hydrogens (tertiary/aromatic N) is 1. The van der Waals surface area contributed by atoms with Crippen LogP contribution in [0.4, 0.5) is 22.0 Å². The van der Waals surface area contributed by atoms with Gasteiger partial charge >= 0.3 is 12.3 Å². The van der Waals surface area contributed by atoms with Crippen LogP contribution in [-0.4, -0.2) is 18.0 Å². The molecule has 10 heteroatoms. The van der Waals surface area contributed by atoms with E-state index >= 15 is 0 Å². The van der Waals surface area contributed by atoms with Crippen LogP contribution in [0, 0.1) is 17.6 Å². The largest absolute Gasteiger partial charge is 0.573 e. The zero-order valence-corrected chi connectivity index (χ0v) is 20.9. The Kier molecular flexibility index (Phi) is 7.47. The molecule has 1 aliphatic heterocycles. The normalized spacial score (nSPS) is 17.1. The molecule has 0 bridgehead atoms. The first-order chi connectivity index (χ1) is 18.7. The first-order valence-corrected chi connectivity index (χ1v) is 12.7. The quantitative estimate of drug-likeness (QED) is 0.172. The molecule has 200 valence electrons. The minimum absolute atomic E-state index is 0.00574. The van der Waals surface area contributed by atoms with Crippen molar-refractivity contribution >= 4 is 23.0 Å². The van der Waals surface area contributed by atoms with Crippen LogP contribution in [0.1, 0.15) is 28.5 Å². The molecule has 2 atom stereocenters. The van der Waals surface area contributed by atoms with Gasteiger partial charge in [-0.3, -0.25) is 9.79 Å². The molecule has 1 aromatic heterocycles. The van der Waals surface area contributed by atoms with Crippen molar-refractivity contribution in [2.45, 2.75) is 25.4 Å². The monoisotopic (exact) mass is 557 g/mol. The fourth-order valence-electron chi connectivity index (χ4n) is 4.46. The highest BCUT2D eigenvalue weighted by molar-refractivity contribution is 7.09. The molecule has 0 saturated carbocycles. The van der Waals surface area contributed by atoms with Crippen molar-refractivity contribution in [1.82, 2.24) is 0 Å². The Hall–Kier alpha value is -4.05. The highest BCUT2D eigenvalue weighted by Crippen LogP contribution is 2.39. The molecular formula is C29H20F5NO3S. The second kappa shape index (κ2) is 11.0. The third-order valence-corrected chi connectivity index (χ3v) is 7.10. The van der Waals surface area contributed by atoms with E-state index in [0.29, 0.717) is 16.7 Å². The van der Waals surface area contributed by atoms with Crippen molar-refractivity contribution in [3.8, 4) is 16.9 Å².